The molecular formula is C17H17N3O4. The van der Waals surface area contributed by atoms with Gasteiger partial charge in [0.2, 0.25) is 0 Å². The second-order valence-electron chi connectivity index (χ2n) is 5.46. The molecule has 1 aromatic heterocycles. The molecule has 3 rings (SSSR count). The van der Waals surface area contributed by atoms with Gasteiger partial charge in [0.1, 0.15) is 5.75 Å². The van der Waals surface area contributed by atoms with E-state index in [0.29, 0.717) is 30.9 Å². The molecule has 0 aliphatic carbocycles. The Labute approximate surface area is 138 Å². The second kappa shape index (κ2) is 6.57. The van der Waals surface area contributed by atoms with Gasteiger partial charge in [0, 0.05) is 37.2 Å². The van der Waals surface area contributed by atoms with Crippen molar-refractivity contribution in [1.82, 2.24) is 9.88 Å². The summed E-state index contributed by atoms with van der Waals surface area (Å²) in [5.41, 5.74) is 2.37. The molecule has 0 saturated heterocycles. The Morgan fingerprint density at radius 1 is 1.33 bits per heavy atom. The zero-order chi connectivity index (χ0) is 17.1. The first-order valence-corrected chi connectivity index (χ1v) is 7.47. The number of nitrogens with one attached hydrogen (secondary N) is 1. The molecular weight excluding hydrogens is 310 g/mol. The minimum absolute atomic E-state index is 0.209. The summed E-state index contributed by atoms with van der Waals surface area (Å²) in [6, 6.07) is 6.87. The van der Waals surface area contributed by atoms with Gasteiger partial charge in [-0.15, -0.1) is 0 Å². The summed E-state index contributed by atoms with van der Waals surface area (Å²) in [4.78, 5) is 29.3. The SMILES string of the molecule is COc1cccc(NC(=O)N2CCc3c(cncc3C(=O)O)C2)c1. The Hall–Kier alpha value is -3.09. The maximum absolute atomic E-state index is 12.4. The van der Waals surface area contributed by atoms with Crippen molar-refractivity contribution in [2.24, 2.45) is 0 Å². The second-order valence-corrected chi connectivity index (χ2v) is 5.46. The maximum atomic E-state index is 12.4. The van der Waals surface area contributed by atoms with E-state index in [-0.39, 0.29) is 11.6 Å². The Kier molecular flexibility index (Phi) is 4.33. The van der Waals surface area contributed by atoms with Crippen molar-refractivity contribution in [2.75, 3.05) is 19.0 Å². The Morgan fingerprint density at radius 3 is 2.92 bits per heavy atom. The number of ether oxygens (including phenoxy) is 1. The number of urea groups is 1. The molecule has 0 radical (unpaired) electrons. The van der Waals surface area contributed by atoms with Crippen LogP contribution in [0.1, 0.15) is 21.5 Å². The fourth-order valence-electron chi connectivity index (χ4n) is 2.75. The van der Waals surface area contributed by atoms with Crippen molar-refractivity contribution < 1.29 is 19.4 Å². The van der Waals surface area contributed by atoms with Crippen molar-refractivity contribution >= 4 is 17.7 Å². The fraction of sp³-hybridized carbons (Fsp3) is 0.235. The van der Waals surface area contributed by atoms with E-state index in [1.165, 1.54) is 6.20 Å². The number of pyridine rings is 1. The van der Waals surface area contributed by atoms with Gasteiger partial charge in [0.05, 0.1) is 12.7 Å². The lowest BCUT2D eigenvalue weighted by molar-refractivity contribution is 0.0694. The van der Waals surface area contributed by atoms with Crippen molar-refractivity contribution in [3.63, 3.8) is 0 Å². The summed E-state index contributed by atoms with van der Waals surface area (Å²) in [6.45, 7) is 0.784. The predicted molar refractivity (Wildman–Crippen MR) is 87.3 cm³/mol. The van der Waals surface area contributed by atoms with Crippen molar-refractivity contribution in [2.45, 2.75) is 13.0 Å². The van der Waals surface area contributed by atoms with Gasteiger partial charge >= 0.3 is 12.0 Å². The number of carbonyl (C=O) groups is 2. The molecule has 1 aliphatic rings. The molecule has 0 unspecified atom stereocenters. The Balaban J connectivity index is 1.74. The average Bonchev–Trinajstić information content (AvgIpc) is 2.60. The first-order valence-electron chi connectivity index (χ1n) is 7.47. The lowest BCUT2D eigenvalue weighted by Gasteiger charge is -2.29. The molecule has 24 heavy (non-hydrogen) atoms. The topological polar surface area (TPSA) is 91.8 Å². The Bertz CT molecular complexity index is 791. The number of benzene rings is 1. The zero-order valence-electron chi connectivity index (χ0n) is 13.2. The molecule has 7 nitrogen and oxygen atoms in total. The number of aromatic carboxylic acids is 1. The standard InChI is InChI=1S/C17H17N3O4/c1-24-13-4-2-3-12(7-13)19-17(23)20-6-5-14-11(10-20)8-18-9-15(14)16(21)22/h2-4,7-9H,5-6,10H2,1H3,(H,19,23)(H,21,22). The van der Waals surface area contributed by atoms with Crippen LogP contribution in [0.2, 0.25) is 0 Å². The number of aromatic nitrogens is 1. The molecule has 0 spiro atoms. The molecule has 0 fully saturated rings. The summed E-state index contributed by atoms with van der Waals surface area (Å²) in [7, 11) is 1.57. The van der Waals surface area contributed by atoms with Crippen molar-refractivity contribution in [3.8, 4) is 5.75 Å². The molecule has 0 atom stereocenters. The average molecular weight is 327 g/mol. The molecule has 1 aromatic carbocycles. The predicted octanol–water partition coefficient (Wildman–Crippen LogP) is 2.38. The number of amides is 2. The van der Waals surface area contributed by atoms with Gasteiger partial charge in [-0.2, -0.15) is 0 Å². The molecule has 2 heterocycles. The van der Waals surface area contributed by atoms with Gasteiger partial charge in [-0.05, 0) is 29.7 Å². The molecule has 2 amide bonds. The monoisotopic (exact) mass is 327 g/mol. The van der Waals surface area contributed by atoms with Gasteiger partial charge in [0.25, 0.3) is 0 Å². The summed E-state index contributed by atoms with van der Waals surface area (Å²) in [5, 5.41) is 12.0. The lowest BCUT2D eigenvalue weighted by atomic mass is 9.97. The summed E-state index contributed by atoms with van der Waals surface area (Å²) in [5.74, 6) is -0.333. The van der Waals surface area contributed by atoms with Crippen LogP contribution in [0.3, 0.4) is 0 Å². The zero-order valence-corrected chi connectivity index (χ0v) is 13.2. The summed E-state index contributed by atoms with van der Waals surface area (Å²) < 4.78 is 5.14. The van der Waals surface area contributed by atoms with E-state index in [4.69, 9.17) is 4.74 Å². The van der Waals surface area contributed by atoms with Crippen LogP contribution in [0, 0.1) is 0 Å². The van der Waals surface area contributed by atoms with Crippen molar-refractivity contribution in [1.29, 1.82) is 0 Å². The number of fused-ring (bicyclic) bond motifs is 1. The quantitative estimate of drug-likeness (QED) is 0.903. The van der Waals surface area contributed by atoms with Crippen LogP contribution in [-0.2, 0) is 13.0 Å². The number of methoxy groups -OCH3 is 1. The van der Waals surface area contributed by atoms with E-state index < -0.39 is 5.97 Å². The maximum Gasteiger partial charge on any atom is 0.337 e. The lowest BCUT2D eigenvalue weighted by Crippen LogP contribution is -2.39. The third kappa shape index (κ3) is 3.15. The first kappa shape index (κ1) is 15.8. The van der Waals surface area contributed by atoms with E-state index in [9.17, 15) is 14.7 Å². The fourth-order valence-corrected chi connectivity index (χ4v) is 2.75. The van der Waals surface area contributed by atoms with Gasteiger partial charge in [-0.25, -0.2) is 9.59 Å². The Morgan fingerprint density at radius 2 is 2.17 bits per heavy atom. The number of rotatable bonds is 3. The van der Waals surface area contributed by atoms with E-state index in [1.807, 2.05) is 0 Å². The summed E-state index contributed by atoms with van der Waals surface area (Å²) in [6.07, 6.45) is 3.46. The molecule has 0 bridgehead atoms. The normalized spacial score (nSPS) is 13.1. The van der Waals surface area contributed by atoms with Crippen LogP contribution in [0.4, 0.5) is 10.5 Å². The van der Waals surface area contributed by atoms with Crippen LogP contribution in [0.15, 0.2) is 36.7 Å². The highest BCUT2D eigenvalue weighted by Crippen LogP contribution is 2.23. The summed E-state index contributed by atoms with van der Waals surface area (Å²) >= 11 is 0. The number of hydrogen-bond donors (Lipinski definition) is 2. The molecule has 2 N–H and O–H groups in total. The highest BCUT2D eigenvalue weighted by atomic mass is 16.5. The van der Waals surface area contributed by atoms with Gasteiger partial charge in [-0.3, -0.25) is 4.98 Å². The first-order chi connectivity index (χ1) is 11.6. The number of carboxylic acids is 1. The van der Waals surface area contributed by atoms with E-state index in [0.717, 1.165) is 11.1 Å². The number of nitrogens with zero attached hydrogens (tertiary/aromatic N) is 2. The third-order valence-electron chi connectivity index (χ3n) is 3.98. The molecule has 0 saturated carbocycles. The third-order valence-corrected chi connectivity index (χ3v) is 3.98. The highest BCUT2D eigenvalue weighted by Gasteiger charge is 2.24. The van der Waals surface area contributed by atoms with Gasteiger partial charge in [-0.1, -0.05) is 6.07 Å². The van der Waals surface area contributed by atoms with Crippen LogP contribution >= 0.6 is 0 Å². The van der Waals surface area contributed by atoms with E-state index in [1.54, 1.807) is 42.5 Å². The minimum Gasteiger partial charge on any atom is -0.497 e. The minimum atomic E-state index is -0.992. The van der Waals surface area contributed by atoms with Gasteiger partial charge in [0.15, 0.2) is 0 Å². The molecule has 2 aromatic rings. The van der Waals surface area contributed by atoms with Crippen LogP contribution in [-0.4, -0.2) is 40.6 Å². The number of carbonyl (C=O) groups excluding carboxylic acids is 1. The highest BCUT2D eigenvalue weighted by molar-refractivity contribution is 5.91. The van der Waals surface area contributed by atoms with Gasteiger partial charge < -0.3 is 20.1 Å². The smallest absolute Gasteiger partial charge is 0.337 e. The van der Waals surface area contributed by atoms with E-state index in [2.05, 4.69) is 10.3 Å². The van der Waals surface area contributed by atoms with Crippen LogP contribution in [0.25, 0.3) is 0 Å². The number of hydrogen-bond acceptors (Lipinski definition) is 4. The van der Waals surface area contributed by atoms with Crippen LogP contribution < -0.4 is 10.1 Å². The largest absolute Gasteiger partial charge is 0.497 e. The van der Waals surface area contributed by atoms with Crippen molar-refractivity contribution in [3.05, 3.63) is 53.3 Å². The molecule has 1 aliphatic heterocycles. The molecule has 7 heteroatoms. The number of anilines is 1. The number of carboxylic acid groups (broad SMARTS) is 1. The van der Waals surface area contributed by atoms with Crippen LogP contribution in [0.5, 0.6) is 5.75 Å². The molecule has 124 valence electrons. The van der Waals surface area contributed by atoms with E-state index >= 15 is 0 Å².